The Bertz CT molecular complexity index is 2020. The molecule has 0 atom stereocenters. The number of carboxylic acids is 1. The van der Waals surface area contributed by atoms with Crippen molar-refractivity contribution in [3.63, 3.8) is 0 Å². The Balaban J connectivity index is 1.42. The van der Waals surface area contributed by atoms with Gasteiger partial charge in [0.1, 0.15) is 17.0 Å². The molecule has 7 rings (SSSR count). The zero-order chi connectivity index (χ0) is 30.3. The van der Waals surface area contributed by atoms with Gasteiger partial charge in [0.15, 0.2) is 0 Å². The van der Waals surface area contributed by atoms with Crippen molar-refractivity contribution in [1.29, 1.82) is 0 Å². The van der Waals surface area contributed by atoms with Crippen LogP contribution in [0.4, 0.5) is 4.39 Å². The monoisotopic (exact) mass is 578 g/mol. The number of hydrogen-bond acceptors (Lipinski definition) is 3. The SMILES string of the molecule is Cc1nn(C(c2ccccc2)(c2ccccc2)c2ccccc2)cc1-c1ccc2ncc(-c3ccc(C(=O)O)c(F)c3)n2c1. The minimum atomic E-state index is -1.31. The van der Waals surface area contributed by atoms with Crippen molar-refractivity contribution >= 4 is 11.6 Å². The summed E-state index contributed by atoms with van der Waals surface area (Å²) in [6, 6.07) is 39.2. The second-order valence-electron chi connectivity index (χ2n) is 10.7. The lowest BCUT2D eigenvalue weighted by atomic mass is 9.77. The quantitative estimate of drug-likeness (QED) is 0.196. The number of imidazole rings is 1. The van der Waals surface area contributed by atoms with E-state index in [2.05, 4.69) is 52.3 Å². The fraction of sp³-hybridized carbons (Fsp3) is 0.0541. The van der Waals surface area contributed by atoms with Crippen molar-refractivity contribution in [2.45, 2.75) is 12.5 Å². The number of aryl methyl sites for hydroxylation is 1. The summed E-state index contributed by atoms with van der Waals surface area (Å²) in [6.45, 7) is 2.00. The van der Waals surface area contributed by atoms with Gasteiger partial charge in [-0.15, -0.1) is 0 Å². The van der Waals surface area contributed by atoms with Gasteiger partial charge in [0.25, 0.3) is 0 Å². The van der Waals surface area contributed by atoms with Gasteiger partial charge in [-0.3, -0.25) is 9.08 Å². The van der Waals surface area contributed by atoms with Gasteiger partial charge in [-0.2, -0.15) is 5.10 Å². The molecular formula is C37H27FN4O2. The van der Waals surface area contributed by atoms with E-state index in [-0.39, 0.29) is 5.56 Å². The lowest BCUT2D eigenvalue weighted by Crippen LogP contribution is -2.38. The molecule has 0 saturated heterocycles. The fourth-order valence-corrected chi connectivity index (χ4v) is 6.05. The van der Waals surface area contributed by atoms with Crippen molar-refractivity contribution in [2.24, 2.45) is 0 Å². The van der Waals surface area contributed by atoms with Crippen molar-refractivity contribution in [1.82, 2.24) is 19.2 Å². The number of aromatic carboxylic acids is 1. The lowest BCUT2D eigenvalue weighted by Gasteiger charge is -2.36. The van der Waals surface area contributed by atoms with Crippen LogP contribution < -0.4 is 0 Å². The van der Waals surface area contributed by atoms with Crippen LogP contribution in [0, 0.1) is 12.7 Å². The second kappa shape index (κ2) is 10.8. The molecule has 7 heteroatoms. The maximum absolute atomic E-state index is 14.6. The molecule has 0 spiro atoms. The molecule has 1 N–H and O–H groups in total. The predicted molar refractivity (Wildman–Crippen MR) is 168 cm³/mol. The van der Waals surface area contributed by atoms with Crippen LogP contribution in [0.5, 0.6) is 0 Å². The Hall–Kier alpha value is -5.82. The summed E-state index contributed by atoms with van der Waals surface area (Å²) in [7, 11) is 0. The molecular weight excluding hydrogens is 551 g/mol. The molecule has 3 heterocycles. The normalized spacial score (nSPS) is 11.6. The highest BCUT2D eigenvalue weighted by atomic mass is 19.1. The van der Waals surface area contributed by atoms with Gasteiger partial charge in [0.05, 0.1) is 23.1 Å². The van der Waals surface area contributed by atoms with E-state index in [9.17, 15) is 14.3 Å². The molecule has 0 saturated carbocycles. The molecule has 3 aromatic heterocycles. The molecule has 214 valence electrons. The first-order chi connectivity index (χ1) is 21.5. The van der Waals surface area contributed by atoms with Gasteiger partial charge in [0, 0.05) is 29.1 Å². The first-order valence-electron chi connectivity index (χ1n) is 14.2. The first kappa shape index (κ1) is 27.0. The predicted octanol–water partition coefficient (Wildman–Crippen LogP) is 7.85. The van der Waals surface area contributed by atoms with Crippen LogP contribution in [0.25, 0.3) is 28.0 Å². The summed E-state index contributed by atoms with van der Waals surface area (Å²) in [5.74, 6) is -2.10. The molecule has 44 heavy (non-hydrogen) atoms. The second-order valence-corrected chi connectivity index (χ2v) is 10.7. The highest BCUT2D eigenvalue weighted by Gasteiger charge is 2.39. The fourth-order valence-electron chi connectivity index (χ4n) is 6.05. The topological polar surface area (TPSA) is 72.4 Å². The molecule has 0 unspecified atom stereocenters. The van der Waals surface area contributed by atoms with Crippen LogP contribution in [0.1, 0.15) is 32.7 Å². The Morgan fingerprint density at radius 2 is 1.32 bits per heavy atom. The van der Waals surface area contributed by atoms with E-state index < -0.39 is 17.3 Å². The molecule has 0 amide bonds. The minimum absolute atomic E-state index is 0.370. The van der Waals surface area contributed by atoms with Crippen molar-refractivity contribution in [2.75, 3.05) is 0 Å². The summed E-state index contributed by atoms with van der Waals surface area (Å²) in [4.78, 5) is 15.9. The van der Waals surface area contributed by atoms with Gasteiger partial charge >= 0.3 is 5.97 Å². The van der Waals surface area contributed by atoms with Crippen LogP contribution in [0.3, 0.4) is 0 Å². The summed E-state index contributed by atoms with van der Waals surface area (Å²) in [5, 5.41) is 14.4. The van der Waals surface area contributed by atoms with Crippen LogP contribution in [0.2, 0.25) is 0 Å². The Labute approximate surface area is 253 Å². The molecule has 4 aromatic carbocycles. The Morgan fingerprint density at radius 3 is 1.86 bits per heavy atom. The Kier molecular flexibility index (Phi) is 6.63. The number of halogens is 1. The maximum Gasteiger partial charge on any atom is 0.338 e. The molecule has 0 aliphatic carbocycles. The van der Waals surface area contributed by atoms with Gasteiger partial charge in [0.2, 0.25) is 0 Å². The van der Waals surface area contributed by atoms with Crippen molar-refractivity contribution in [3.05, 3.63) is 174 Å². The van der Waals surface area contributed by atoms with E-state index >= 15 is 0 Å². The van der Waals surface area contributed by atoms with E-state index in [1.165, 1.54) is 12.1 Å². The van der Waals surface area contributed by atoms with E-state index in [1.807, 2.05) is 84.3 Å². The molecule has 0 aliphatic heterocycles. The van der Waals surface area contributed by atoms with Gasteiger partial charge in [-0.1, -0.05) is 97.1 Å². The molecule has 6 nitrogen and oxygen atoms in total. The molecule has 0 aliphatic rings. The largest absolute Gasteiger partial charge is 0.478 e. The number of nitrogens with zero attached hydrogens (tertiary/aromatic N) is 4. The molecule has 0 radical (unpaired) electrons. The number of aromatic nitrogens is 4. The molecule has 7 aromatic rings. The van der Waals surface area contributed by atoms with Crippen molar-refractivity contribution < 1.29 is 14.3 Å². The van der Waals surface area contributed by atoms with Gasteiger partial charge < -0.3 is 5.11 Å². The minimum Gasteiger partial charge on any atom is -0.478 e. The van der Waals surface area contributed by atoms with Crippen LogP contribution in [0.15, 0.2) is 140 Å². The van der Waals surface area contributed by atoms with Gasteiger partial charge in [-0.25, -0.2) is 14.2 Å². The average Bonchev–Trinajstić information content (AvgIpc) is 3.66. The van der Waals surface area contributed by atoms with Crippen LogP contribution in [-0.2, 0) is 5.54 Å². The zero-order valence-corrected chi connectivity index (χ0v) is 23.8. The lowest BCUT2D eigenvalue weighted by molar-refractivity contribution is 0.0692. The third-order valence-electron chi connectivity index (χ3n) is 8.13. The Morgan fingerprint density at radius 1 is 0.750 bits per heavy atom. The average molecular weight is 579 g/mol. The van der Waals surface area contributed by atoms with Crippen LogP contribution in [-0.4, -0.2) is 30.2 Å². The third kappa shape index (κ3) is 4.37. The molecule has 0 fully saturated rings. The number of rotatable bonds is 7. The van der Waals surface area contributed by atoms with E-state index in [4.69, 9.17) is 5.10 Å². The number of hydrogen-bond donors (Lipinski definition) is 1. The number of benzene rings is 4. The van der Waals surface area contributed by atoms with Gasteiger partial charge in [-0.05, 0) is 47.9 Å². The zero-order valence-electron chi connectivity index (χ0n) is 23.8. The highest BCUT2D eigenvalue weighted by molar-refractivity contribution is 5.88. The summed E-state index contributed by atoms with van der Waals surface area (Å²) >= 11 is 0. The number of pyridine rings is 1. The number of fused-ring (bicyclic) bond motifs is 1. The smallest absolute Gasteiger partial charge is 0.338 e. The number of carbonyl (C=O) groups is 1. The van der Waals surface area contributed by atoms with E-state index in [0.717, 1.165) is 33.5 Å². The maximum atomic E-state index is 14.6. The summed E-state index contributed by atoms with van der Waals surface area (Å²) in [6.07, 6.45) is 5.71. The number of carboxylic acid groups (broad SMARTS) is 1. The summed E-state index contributed by atoms with van der Waals surface area (Å²) in [5.41, 5.74) is 6.65. The highest BCUT2D eigenvalue weighted by Crippen LogP contribution is 2.41. The van der Waals surface area contributed by atoms with E-state index in [1.54, 1.807) is 12.3 Å². The first-order valence-corrected chi connectivity index (χ1v) is 14.2. The molecule has 0 bridgehead atoms. The van der Waals surface area contributed by atoms with E-state index in [0.29, 0.717) is 16.9 Å². The summed E-state index contributed by atoms with van der Waals surface area (Å²) < 4.78 is 18.5. The van der Waals surface area contributed by atoms with Crippen molar-refractivity contribution in [3.8, 4) is 22.4 Å². The van der Waals surface area contributed by atoms with Crippen LogP contribution >= 0.6 is 0 Å². The standard InChI is InChI=1S/C37H27FN4O2/c1-25-32(27-18-20-35-39-22-34(41(35)23-27)26-17-19-31(36(43)44)33(38)21-26)24-42(40-25)37(28-11-5-2-6-12-28,29-13-7-3-8-14-29)30-15-9-4-10-16-30/h2-24H,1H3,(H,43,44). The third-order valence-corrected chi connectivity index (χ3v) is 8.13.